The van der Waals surface area contributed by atoms with Gasteiger partial charge in [0, 0.05) is 29.9 Å². The highest BCUT2D eigenvalue weighted by Crippen LogP contribution is 2.32. The van der Waals surface area contributed by atoms with Crippen LogP contribution >= 0.6 is 11.6 Å². The van der Waals surface area contributed by atoms with E-state index in [0.717, 1.165) is 16.9 Å². The number of fused-ring (bicyclic) bond motifs is 1. The summed E-state index contributed by atoms with van der Waals surface area (Å²) in [6.45, 7) is 1.14. The van der Waals surface area contributed by atoms with Crippen LogP contribution in [0.25, 0.3) is 0 Å². The predicted molar refractivity (Wildman–Crippen MR) is 107 cm³/mol. The van der Waals surface area contributed by atoms with Crippen LogP contribution in [0.1, 0.15) is 21.5 Å². The fourth-order valence-corrected chi connectivity index (χ4v) is 3.03. The molecule has 0 radical (unpaired) electrons. The van der Waals surface area contributed by atoms with Crippen LogP contribution in [-0.2, 0) is 13.1 Å². The van der Waals surface area contributed by atoms with E-state index in [2.05, 4.69) is 15.6 Å². The number of nitrogens with one attached hydrogen (secondary N) is 2. The van der Waals surface area contributed by atoms with Crippen LogP contribution in [0, 0.1) is 0 Å². The van der Waals surface area contributed by atoms with E-state index in [1.807, 2.05) is 42.5 Å². The number of ether oxygens (including phenoxy) is 2. The molecule has 1 amide bonds. The Hall–Kier alpha value is -3.25. The Balaban J connectivity index is 1.37. The van der Waals surface area contributed by atoms with Crippen LogP contribution in [-0.4, -0.2) is 17.7 Å². The van der Waals surface area contributed by atoms with Gasteiger partial charge < -0.3 is 20.1 Å². The van der Waals surface area contributed by atoms with Gasteiger partial charge in [-0.05, 0) is 41.5 Å². The van der Waals surface area contributed by atoms with E-state index in [4.69, 9.17) is 21.1 Å². The van der Waals surface area contributed by atoms with Crippen molar-refractivity contribution in [1.82, 2.24) is 10.3 Å². The number of hydrogen-bond acceptors (Lipinski definition) is 5. The van der Waals surface area contributed by atoms with Crippen molar-refractivity contribution in [3.05, 3.63) is 82.5 Å². The van der Waals surface area contributed by atoms with Crippen molar-refractivity contribution >= 4 is 23.3 Å². The molecule has 0 saturated carbocycles. The molecule has 2 aromatic carbocycles. The SMILES string of the molecule is O=C(NCc1ccc2c(c1)OCO2)c1ccnc(NCc2ccccc2Cl)c1. The first-order chi connectivity index (χ1) is 13.7. The van der Waals surface area contributed by atoms with E-state index in [-0.39, 0.29) is 12.7 Å². The number of carbonyl (C=O) groups excluding carboxylic acids is 1. The topological polar surface area (TPSA) is 72.5 Å². The van der Waals surface area contributed by atoms with Gasteiger partial charge in [-0.3, -0.25) is 4.79 Å². The second-order valence-electron chi connectivity index (χ2n) is 6.25. The molecule has 0 spiro atoms. The Labute approximate surface area is 167 Å². The molecule has 2 N–H and O–H groups in total. The maximum Gasteiger partial charge on any atom is 0.251 e. The highest BCUT2D eigenvalue weighted by molar-refractivity contribution is 6.31. The molecule has 1 aromatic heterocycles. The van der Waals surface area contributed by atoms with Gasteiger partial charge in [-0.1, -0.05) is 35.9 Å². The van der Waals surface area contributed by atoms with Gasteiger partial charge in [0.1, 0.15) is 5.82 Å². The van der Waals surface area contributed by atoms with E-state index in [1.54, 1.807) is 18.3 Å². The van der Waals surface area contributed by atoms with E-state index >= 15 is 0 Å². The lowest BCUT2D eigenvalue weighted by Crippen LogP contribution is -2.23. The molecule has 0 aliphatic carbocycles. The average Bonchev–Trinajstić information content (AvgIpc) is 3.19. The van der Waals surface area contributed by atoms with Crippen LogP contribution < -0.4 is 20.1 Å². The Kier molecular flexibility index (Phi) is 5.30. The third-order valence-corrected chi connectivity index (χ3v) is 4.70. The number of rotatable bonds is 6. The van der Waals surface area contributed by atoms with Gasteiger partial charge >= 0.3 is 0 Å². The Morgan fingerprint density at radius 1 is 1.04 bits per heavy atom. The third-order valence-electron chi connectivity index (χ3n) is 4.33. The molecule has 2 heterocycles. The van der Waals surface area contributed by atoms with Gasteiger partial charge in [0.15, 0.2) is 11.5 Å². The zero-order chi connectivity index (χ0) is 19.3. The standard InChI is InChI=1S/C21H18ClN3O3/c22-17-4-2-1-3-16(17)12-24-20-10-15(7-8-23-20)21(26)25-11-14-5-6-18-19(9-14)28-13-27-18/h1-10H,11-13H2,(H,23,24)(H,25,26). The summed E-state index contributed by atoms with van der Waals surface area (Å²) in [7, 11) is 0. The number of amides is 1. The normalized spacial score (nSPS) is 11.9. The number of nitrogens with zero attached hydrogens (tertiary/aromatic N) is 1. The van der Waals surface area contributed by atoms with Crippen molar-refractivity contribution in [2.75, 3.05) is 12.1 Å². The molecule has 1 aliphatic rings. The van der Waals surface area contributed by atoms with Gasteiger partial charge in [0.2, 0.25) is 6.79 Å². The molecule has 0 atom stereocenters. The summed E-state index contributed by atoms with van der Waals surface area (Å²) >= 11 is 6.17. The molecule has 7 heteroatoms. The minimum Gasteiger partial charge on any atom is -0.454 e. The first-order valence-corrected chi connectivity index (χ1v) is 9.17. The highest BCUT2D eigenvalue weighted by atomic mass is 35.5. The summed E-state index contributed by atoms with van der Waals surface area (Å²) < 4.78 is 10.6. The molecule has 1 aliphatic heterocycles. The van der Waals surface area contributed by atoms with E-state index in [1.165, 1.54) is 0 Å². The van der Waals surface area contributed by atoms with Crippen LogP contribution in [0.4, 0.5) is 5.82 Å². The van der Waals surface area contributed by atoms with Gasteiger partial charge in [0.25, 0.3) is 5.91 Å². The molecule has 4 rings (SSSR count). The van der Waals surface area contributed by atoms with Crippen LogP contribution in [0.5, 0.6) is 11.5 Å². The number of aromatic nitrogens is 1. The summed E-state index contributed by atoms with van der Waals surface area (Å²) in [5, 5.41) is 6.79. The fraction of sp³-hybridized carbons (Fsp3) is 0.143. The van der Waals surface area contributed by atoms with Crippen molar-refractivity contribution in [2.24, 2.45) is 0 Å². The van der Waals surface area contributed by atoms with Gasteiger partial charge in [-0.25, -0.2) is 4.98 Å². The van der Waals surface area contributed by atoms with Crippen molar-refractivity contribution in [2.45, 2.75) is 13.1 Å². The zero-order valence-electron chi connectivity index (χ0n) is 14.9. The summed E-state index contributed by atoms with van der Waals surface area (Å²) in [5.74, 6) is 1.84. The lowest BCUT2D eigenvalue weighted by molar-refractivity contribution is 0.0950. The first kappa shape index (κ1) is 18.1. The largest absolute Gasteiger partial charge is 0.454 e. The van der Waals surface area contributed by atoms with Crippen molar-refractivity contribution in [1.29, 1.82) is 0 Å². The minimum absolute atomic E-state index is 0.180. The van der Waals surface area contributed by atoms with Crippen LogP contribution in [0.2, 0.25) is 5.02 Å². The second kappa shape index (κ2) is 8.19. The van der Waals surface area contributed by atoms with Gasteiger partial charge in [-0.2, -0.15) is 0 Å². The lowest BCUT2D eigenvalue weighted by atomic mass is 10.2. The Morgan fingerprint density at radius 2 is 1.89 bits per heavy atom. The number of carbonyl (C=O) groups is 1. The summed E-state index contributed by atoms with van der Waals surface area (Å²) in [4.78, 5) is 16.7. The van der Waals surface area contributed by atoms with Crippen molar-refractivity contribution in [3.8, 4) is 11.5 Å². The number of benzene rings is 2. The molecule has 0 unspecified atom stereocenters. The monoisotopic (exact) mass is 395 g/mol. The Morgan fingerprint density at radius 3 is 2.79 bits per heavy atom. The quantitative estimate of drug-likeness (QED) is 0.659. The van der Waals surface area contributed by atoms with E-state index < -0.39 is 0 Å². The predicted octanol–water partition coefficient (Wildman–Crippen LogP) is 4.01. The van der Waals surface area contributed by atoms with Crippen LogP contribution in [0.15, 0.2) is 60.8 Å². The lowest BCUT2D eigenvalue weighted by Gasteiger charge is -2.09. The average molecular weight is 396 g/mol. The smallest absolute Gasteiger partial charge is 0.251 e. The fourth-order valence-electron chi connectivity index (χ4n) is 2.83. The number of pyridine rings is 1. The molecule has 6 nitrogen and oxygen atoms in total. The third kappa shape index (κ3) is 4.18. The summed E-state index contributed by atoms with van der Waals surface area (Å²) in [6, 6.07) is 16.6. The molecule has 3 aromatic rings. The highest BCUT2D eigenvalue weighted by Gasteiger charge is 2.14. The molecule has 0 fully saturated rings. The molecular weight excluding hydrogens is 378 g/mol. The zero-order valence-corrected chi connectivity index (χ0v) is 15.7. The van der Waals surface area contributed by atoms with E-state index in [0.29, 0.717) is 35.2 Å². The molecule has 28 heavy (non-hydrogen) atoms. The molecular formula is C21H18ClN3O3. The number of halogens is 1. The van der Waals surface area contributed by atoms with E-state index in [9.17, 15) is 4.79 Å². The Bertz CT molecular complexity index is 1010. The summed E-state index contributed by atoms with van der Waals surface area (Å²) in [5.41, 5.74) is 2.42. The molecule has 0 bridgehead atoms. The number of anilines is 1. The number of hydrogen-bond donors (Lipinski definition) is 2. The molecule has 0 saturated heterocycles. The van der Waals surface area contributed by atoms with Crippen molar-refractivity contribution < 1.29 is 14.3 Å². The first-order valence-electron chi connectivity index (χ1n) is 8.79. The maximum atomic E-state index is 12.5. The second-order valence-corrected chi connectivity index (χ2v) is 6.65. The molecule has 142 valence electrons. The van der Waals surface area contributed by atoms with Crippen molar-refractivity contribution in [3.63, 3.8) is 0 Å². The maximum absolute atomic E-state index is 12.5. The van der Waals surface area contributed by atoms with Gasteiger partial charge in [0.05, 0.1) is 0 Å². The summed E-state index contributed by atoms with van der Waals surface area (Å²) in [6.07, 6.45) is 1.60. The van der Waals surface area contributed by atoms with Gasteiger partial charge in [-0.15, -0.1) is 0 Å². The minimum atomic E-state index is -0.180. The van der Waals surface area contributed by atoms with Crippen LogP contribution in [0.3, 0.4) is 0 Å².